The molecule has 62 valence electrons. The third kappa shape index (κ3) is 1.83. The predicted molar refractivity (Wildman–Crippen MR) is 40.0 cm³/mol. The Bertz CT molecular complexity index is 190. The molecular formula is C6H11N3O2. The van der Waals surface area contributed by atoms with Gasteiger partial charge in [-0.05, 0) is 13.8 Å². The molecule has 1 heterocycles. The van der Waals surface area contributed by atoms with Gasteiger partial charge in [0.05, 0.1) is 18.9 Å². The Morgan fingerprint density at radius 3 is 3.09 bits per heavy atom. The van der Waals surface area contributed by atoms with Crippen molar-refractivity contribution in [2.75, 3.05) is 13.2 Å². The van der Waals surface area contributed by atoms with Gasteiger partial charge < -0.3 is 4.74 Å². The second-order valence-electron chi connectivity index (χ2n) is 2.23. The van der Waals surface area contributed by atoms with Crippen LogP contribution in [0.2, 0.25) is 0 Å². The van der Waals surface area contributed by atoms with Crippen LogP contribution in [0.5, 0.6) is 0 Å². The van der Waals surface area contributed by atoms with E-state index in [0.29, 0.717) is 13.2 Å². The van der Waals surface area contributed by atoms with Crippen molar-refractivity contribution in [1.29, 1.82) is 0 Å². The number of nitrogens with one attached hydrogen (secondary N) is 1. The highest BCUT2D eigenvalue weighted by atomic mass is 16.6. The van der Waals surface area contributed by atoms with E-state index < -0.39 is 0 Å². The van der Waals surface area contributed by atoms with Crippen LogP contribution in [-0.4, -0.2) is 30.0 Å². The van der Waals surface area contributed by atoms with Gasteiger partial charge in [0.15, 0.2) is 0 Å². The summed E-state index contributed by atoms with van der Waals surface area (Å²) >= 11 is 0. The van der Waals surface area contributed by atoms with E-state index in [1.54, 1.807) is 6.92 Å². The summed E-state index contributed by atoms with van der Waals surface area (Å²) in [6.07, 6.45) is -0.381. The molecule has 0 aromatic heterocycles. The molecule has 1 N–H and O–H groups in total. The van der Waals surface area contributed by atoms with Crippen molar-refractivity contribution in [2.24, 2.45) is 5.10 Å². The van der Waals surface area contributed by atoms with E-state index in [2.05, 4.69) is 10.6 Å². The Morgan fingerprint density at radius 1 is 1.91 bits per heavy atom. The summed E-state index contributed by atoms with van der Waals surface area (Å²) in [5, 5.41) is 5.13. The molecule has 0 atom stereocenters. The van der Waals surface area contributed by atoms with Crippen molar-refractivity contribution in [3.63, 3.8) is 0 Å². The molecule has 5 nitrogen and oxygen atoms in total. The Hall–Kier alpha value is -1.26. The van der Waals surface area contributed by atoms with Gasteiger partial charge in [0.2, 0.25) is 0 Å². The number of hydrogen-bond donors (Lipinski definition) is 1. The summed E-state index contributed by atoms with van der Waals surface area (Å²) in [7, 11) is 0. The molecule has 0 saturated heterocycles. The van der Waals surface area contributed by atoms with Crippen LogP contribution in [0.15, 0.2) is 5.10 Å². The fourth-order valence-electron chi connectivity index (χ4n) is 0.752. The Balaban J connectivity index is 2.34. The van der Waals surface area contributed by atoms with Crippen molar-refractivity contribution in [3.05, 3.63) is 0 Å². The number of rotatable bonds is 1. The van der Waals surface area contributed by atoms with Crippen molar-refractivity contribution < 1.29 is 9.53 Å². The first-order valence-corrected chi connectivity index (χ1v) is 3.47. The lowest BCUT2D eigenvalue weighted by molar-refractivity contribution is 0.0992. The first-order valence-electron chi connectivity index (χ1n) is 3.47. The van der Waals surface area contributed by atoms with E-state index in [1.165, 1.54) is 5.01 Å². The van der Waals surface area contributed by atoms with Gasteiger partial charge in [-0.1, -0.05) is 0 Å². The van der Waals surface area contributed by atoms with Crippen LogP contribution >= 0.6 is 0 Å². The van der Waals surface area contributed by atoms with E-state index >= 15 is 0 Å². The number of hydrazine groups is 1. The molecule has 1 aliphatic rings. The zero-order valence-corrected chi connectivity index (χ0v) is 6.63. The summed E-state index contributed by atoms with van der Waals surface area (Å²) in [6.45, 7) is 4.49. The van der Waals surface area contributed by atoms with Crippen LogP contribution in [0.25, 0.3) is 0 Å². The molecule has 1 rings (SSSR count). The molecule has 0 fully saturated rings. The third-order valence-electron chi connectivity index (χ3n) is 1.24. The molecule has 0 radical (unpaired) electrons. The molecule has 11 heavy (non-hydrogen) atoms. The molecule has 0 saturated carbocycles. The topological polar surface area (TPSA) is 53.9 Å². The predicted octanol–water partition coefficient (Wildman–Crippen LogP) is 0.339. The first-order chi connectivity index (χ1) is 5.24. The maximum Gasteiger partial charge on any atom is 0.430 e. The smallest absolute Gasteiger partial charge is 0.430 e. The molecule has 0 aliphatic carbocycles. The molecule has 0 aromatic carbocycles. The van der Waals surface area contributed by atoms with E-state index in [1.807, 2.05) is 6.92 Å². The lowest BCUT2D eigenvalue weighted by atomic mass is 10.4. The van der Waals surface area contributed by atoms with Gasteiger partial charge in [0.25, 0.3) is 0 Å². The molecule has 0 aromatic rings. The van der Waals surface area contributed by atoms with Crippen LogP contribution in [0.1, 0.15) is 13.8 Å². The van der Waals surface area contributed by atoms with E-state index in [4.69, 9.17) is 4.74 Å². The van der Waals surface area contributed by atoms with Gasteiger partial charge in [-0.25, -0.2) is 10.3 Å². The average Bonchev–Trinajstić information content (AvgIpc) is 2.36. The SMILES string of the molecule is CCOC(=O)N1CC(C)=NN1. The number of amides is 1. The van der Waals surface area contributed by atoms with E-state index in [-0.39, 0.29) is 6.09 Å². The van der Waals surface area contributed by atoms with Crippen LogP contribution in [-0.2, 0) is 4.74 Å². The fourth-order valence-corrected chi connectivity index (χ4v) is 0.752. The minimum Gasteiger partial charge on any atom is -0.448 e. The number of ether oxygens (including phenoxy) is 1. The van der Waals surface area contributed by atoms with Crippen molar-refractivity contribution in [2.45, 2.75) is 13.8 Å². The summed E-state index contributed by atoms with van der Waals surface area (Å²) in [4.78, 5) is 11.0. The summed E-state index contributed by atoms with van der Waals surface area (Å²) in [5.41, 5.74) is 3.41. The normalized spacial score (nSPS) is 15.8. The first kappa shape index (κ1) is 7.84. The molecular weight excluding hydrogens is 146 g/mol. The minimum atomic E-state index is -0.381. The number of hydrazone groups is 1. The third-order valence-corrected chi connectivity index (χ3v) is 1.24. The Labute approximate surface area is 65.0 Å². The summed E-state index contributed by atoms with van der Waals surface area (Å²) in [6, 6.07) is 0. The highest BCUT2D eigenvalue weighted by molar-refractivity contribution is 5.88. The van der Waals surface area contributed by atoms with Crippen LogP contribution in [0.3, 0.4) is 0 Å². The summed E-state index contributed by atoms with van der Waals surface area (Å²) < 4.78 is 4.73. The lowest BCUT2D eigenvalue weighted by Gasteiger charge is -2.13. The maximum absolute atomic E-state index is 11.0. The largest absolute Gasteiger partial charge is 0.448 e. The maximum atomic E-state index is 11.0. The second-order valence-corrected chi connectivity index (χ2v) is 2.23. The van der Waals surface area contributed by atoms with Crippen LogP contribution < -0.4 is 5.53 Å². The van der Waals surface area contributed by atoms with Crippen molar-refractivity contribution in [1.82, 2.24) is 10.5 Å². The van der Waals surface area contributed by atoms with Crippen molar-refractivity contribution >= 4 is 11.8 Å². The lowest BCUT2D eigenvalue weighted by Crippen LogP contribution is -2.37. The van der Waals surface area contributed by atoms with Gasteiger partial charge in [0.1, 0.15) is 0 Å². The van der Waals surface area contributed by atoms with Crippen molar-refractivity contribution in [3.8, 4) is 0 Å². The quantitative estimate of drug-likeness (QED) is 0.597. The molecule has 0 bridgehead atoms. The zero-order chi connectivity index (χ0) is 8.27. The number of hydrogen-bond acceptors (Lipinski definition) is 4. The minimum absolute atomic E-state index is 0.381. The van der Waals surface area contributed by atoms with Crippen LogP contribution in [0.4, 0.5) is 4.79 Å². The second kappa shape index (κ2) is 3.23. The molecule has 5 heteroatoms. The number of carbonyl (C=O) groups excluding carboxylic acids is 1. The van der Waals surface area contributed by atoms with Gasteiger partial charge >= 0.3 is 6.09 Å². The van der Waals surface area contributed by atoms with E-state index in [0.717, 1.165) is 5.71 Å². The van der Waals surface area contributed by atoms with Gasteiger partial charge in [-0.2, -0.15) is 10.1 Å². The van der Waals surface area contributed by atoms with Gasteiger partial charge in [-0.15, -0.1) is 0 Å². The molecule has 1 aliphatic heterocycles. The molecule has 1 amide bonds. The fraction of sp³-hybridized carbons (Fsp3) is 0.667. The van der Waals surface area contributed by atoms with Gasteiger partial charge in [0, 0.05) is 0 Å². The van der Waals surface area contributed by atoms with Gasteiger partial charge in [-0.3, -0.25) is 0 Å². The zero-order valence-electron chi connectivity index (χ0n) is 6.63. The van der Waals surface area contributed by atoms with E-state index in [9.17, 15) is 4.79 Å². The molecule has 0 unspecified atom stereocenters. The summed E-state index contributed by atoms with van der Waals surface area (Å²) in [5.74, 6) is 0. The Morgan fingerprint density at radius 2 is 2.64 bits per heavy atom. The highest BCUT2D eigenvalue weighted by Gasteiger charge is 2.18. The monoisotopic (exact) mass is 157 g/mol. The van der Waals surface area contributed by atoms with Crippen LogP contribution in [0, 0.1) is 0 Å². The molecule has 0 spiro atoms. The highest BCUT2D eigenvalue weighted by Crippen LogP contribution is 1.96. The number of carbonyl (C=O) groups is 1. The standard InChI is InChI=1S/C6H11N3O2/c1-3-11-6(10)9-4-5(2)7-8-9/h8H,3-4H2,1-2H3. The Kier molecular flexibility index (Phi) is 2.30. The average molecular weight is 157 g/mol. The number of nitrogens with zero attached hydrogens (tertiary/aromatic N) is 2.